The summed E-state index contributed by atoms with van der Waals surface area (Å²) in [6.07, 6.45) is 2.25. The number of carbonyl (C=O) groups excluding carboxylic acids is 1. The number of carbonyl (C=O) groups is 1. The number of rotatable bonds is 6. The maximum atomic E-state index is 11.5. The maximum Gasteiger partial charge on any atom is 0.407 e. The number of aromatic nitrogens is 2. The third-order valence-electron chi connectivity index (χ3n) is 2.41. The number of ether oxygens (including phenoxy) is 1. The zero-order valence-corrected chi connectivity index (χ0v) is 13.6. The van der Waals surface area contributed by atoms with E-state index in [1.54, 1.807) is 6.20 Å². The van der Waals surface area contributed by atoms with Gasteiger partial charge in [-0.15, -0.1) is 0 Å². The van der Waals surface area contributed by atoms with Crippen molar-refractivity contribution in [1.82, 2.24) is 15.3 Å². The van der Waals surface area contributed by atoms with E-state index >= 15 is 0 Å². The average Bonchev–Trinajstić information content (AvgIpc) is 2.32. The molecule has 0 aromatic carbocycles. The molecule has 0 aliphatic carbocycles. The van der Waals surface area contributed by atoms with Gasteiger partial charge in [0.05, 0.1) is 0 Å². The fourth-order valence-corrected chi connectivity index (χ4v) is 1.67. The van der Waals surface area contributed by atoms with Gasteiger partial charge in [-0.25, -0.2) is 14.8 Å². The third kappa shape index (κ3) is 8.12. The quantitative estimate of drug-likeness (QED) is 0.789. The van der Waals surface area contributed by atoms with Gasteiger partial charge in [0.2, 0.25) is 5.95 Å². The second-order valence-corrected chi connectivity index (χ2v) is 6.33. The Balaban J connectivity index is 2.31. The van der Waals surface area contributed by atoms with Crippen LogP contribution in [0.3, 0.4) is 0 Å². The maximum absolute atomic E-state index is 11.5. The molecule has 0 saturated heterocycles. The second-order valence-electron chi connectivity index (χ2n) is 6.33. The van der Waals surface area contributed by atoms with Crippen molar-refractivity contribution >= 4 is 12.0 Å². The Bertz CT molecular complexity index is 455. The summed E-state index contributed by atoms with van der Waals surface area (Å²) >= 11 is 0. The summed E-state index contributed by atoms with van der Waals surface area (Å²) in [5, 5.41) is 5.76. The van der Waals surface area contributed by atoms with Crippen LogP contribution in [0.2, 0.25) is 0 Å². The molecular formula is C15H26N4O2. The summed E-state index contributed by atoms with van der Waals surface area (Å²) in [4.78, 5) is 20.0. The zero-order valence-electron chi connectivity index (χ0n) is 13.6. The minimum absolute atomic E-state index is 0.418. The number of anilines is 1. The molecule has 1 aromatic rings. The highest BCUT2D eigenvalue weighted by Gasteiger charge is 2.15. The summed E-state index contributed by atoms with van der Waals surface area (Å²) < 4.78 is 5.14. The first-order valence-corrected chi connectivity index (χ1v) is 7.29. The monoisotopic (exact) mass is 294 g/mol. The molecule has 2 N–H and O–H groups in total. The molecule has 0 fully saturated rings. The number of alkyl carbamates (subject to hydrolysis) is 1. The lowest BCUT2D eigenvalue weighted by Gasteiger charge is -2.19. The predicted octanol–water partition coefficient (Wildman–Crippen LogP) is 2.61. The highest BCUT2D eigenvalue weighted by Crippen LogP contribution is 2.07. The van der Waals surface area contributed by atoms with E-state index in [1.165, 1.54) is 0 Å². The van der Waals surface area contributed by atoms with Crippen LogP contribution in [0.4, 0.5) is 10.7 Å². The first kappa shape index (κ1) is 17.2. The van der Waals surface area contributed by atoms with Crippen LogP contribution in [0.25, 0.3) is 0 Å². The Morgan fingerprint density at radius 2 is 2.05 bits per heavy atom. The van der Waals surface area contributed by atoms with Crippen LogP contribution < -0.4 is 10.6 Å². The molecule has 0 saturated carbocycles. The molecule has 1 aromatic heterocycles. The van der Waals surface area contributed by atoms with E-state index in [-0.39, 0.29) is 0 Å². The van der Waals surface area contributed by atoms with Crippen LogP contribution in [0.15, 0.2) is 12.3 Å². The van der Waals surface area contributed by atoms with Crippen molar-refractivity contribution in [3.05, 3.63) is 18.0 Å². The molecule has 0 radical (unpaired) electrons. The van der Waals surface area contributed by atoms with Gasteiger partial charge in [-0.1, -0.05) is 13.8 Å². The summed E-state index contributed by atoms with van der Waals surface area (Å²) in [5.74, 6) is 1.14. The lowest BCUT2D eigenvalue weighted by molar-refractivity contribution is 0.0530. The molecule has 0 aliphatic rings. The number of nitrogens with one attached hydrogen (secondary N) is 2. The van der Waals surface area contributed by atoms with Crippen LogP contribution in [-0.2, 0) is 11.2 Å². The molecule has 0 unspecified atom stereocenters. The molecule has 6 nitrogen and oxygen atoms in total. The third-order valence-corrected chi connectivity index (χ3v) is 2.41. The summed E-state index contributed by atoms with van der Waals surface area (Å²) in [7, 11) is 0. The molecule has 118 valence electrons. The van der Waals surface area contributed by atoms with Crippen LogP contribution in [0.1, 0.15) is 40.3 Å². The van der Waals surface area contributed by atoms with Gasteiger partial charge in [0.1, 0.15) is 5.60 Å². The number of hydrogen-bond acceptors (Lipinski definition) is 5. The standard InChI is InChI=1S/C15H26N4O2/c1-11(2)10-12-6-7-16-13(19-12)17-8-9-18-14(20)21-15(3,4)5/h6-7,11H,8-10H2,1-5H3,(H,18,20)(H,16,17,19). The fourth-order valence-electron chi connectivity index (χ4n) is 1.67. The lowest BCUT2D eigenvalue weighted by Crippen LogP contribution is -2.35. The van der Waals surface area contributed by atoms with Crippen LogP contribution >= 0.6 is 0 Å². The normalized spacial score (nSPS) is 11.3. The van der Waals surface area contributed by atoms with Crippen LogP contribution in [0.5, 0.6) is 0 Å². The molecule has 0 spiro atoms. The second kappa shape index (κ2) is 7.81. The molecule has 6 heteroatoms. The van der Waals surface area contributed by atoms with Crippen molar-refractivity contribution in [3.63, 3.8) is 0 Å². The predicted molar refractivity (Wildman–Crippen MR) is 83.3 cm³/mol. The Kier molecular flexibility index (Phi) is 6.39. The van der Waals surface area contributed by atoms with Crippen LogP contribution in [0, 0.1) is 5.92 Å². The summed E-state index contributed by atoms with van der Waals surface area (Å²) in [6, 6.07) is 1.92. The van der Waals surface area contributed by atoms with Gasteiger partial charge in [-0.05, 0) is 39.2 Å². The van der Waals surface area contributed by atoms with E-state index in [2.05, 4.69) is 34.4 Å². The average molecular weight is 294 g/mol. The molecule has 0 bridgehead atoms. The lowest BCUT2D eigenvalue weighted by atomic mass is 10.1. The van der Waals surface area contributed by atoms with Crippen molar-refractivity contribution in [2.24, 2.45) is 5.92 Å². The van der Waals surface area contributed by atoms with Gasteiger partial charge < -0.3 is 15.4 Å². The molecule has 21 heavy (non-hydrogen) atoms. The minimum atomic E-state index is -0.480. The van der Waals surface area contributed by atoms with E-state index in [0.29, 0.717) is 25.0 Å². The molecule has 1 rings (SSSR count). The molecule has 1 heterocycles. The molecule has 0 atom stereocenters. The van der Waals surface area contributed by atoms with Gasteiger partial charge in [0.25, 0.3) is 0 Å². The van der Waals surface area contributed by atoms with E-state index in [9.17, 15) is 4.79 Å². The minimum Gasteiger partial charge on any atom is -0.444 e. The first-order valence-electron chi connectivity index (χ1n) is 7.29. The van der Waals surface area contributed by atoms with Gasteiger partial charge in [-0.3, -0.25) is 0 Å². The van der Waals surface area contributed by atoms with Gasteiger partial charge in [-0.2, -0.15) is 0 Å². The van der Waals surface area contributed by atoms with Crippen molar-refractivity contribution in [1.29, 1.82) is 0 Å². The van der Waals surface area contributed by atoms with Gasteiger partial charge in [0.15, 0.2) is 0 Å². The van der Waals surface area contributed by atoms with Crippen molar-refractivity contribution in [2.45, 2.75) is 46.6 Å². The summed E-state index contributed by atoms with van der Waals surface area (Å²) in [6.45, 7) is 10.8. The Hall–Kier alpha value is -1.85. The SMILES string of the molecule is CC(C)Cc1ccnc(NCCNC(=O)OC(C)(C)C)n1. The smallest absolute Gasteiger partial charge is 0.407 e. The number of amides is 1. The molecule has 1 amide bonds. The highest BCUT2D eigenvalue weighted by molar-refractivity contribution is 5.67. The summed E-state index contributed by atoms with van der Waals surface area (Å²) in [5.41, 5.74) is 0.536. The van der Waals surface area contributed by atoms with Gasteiger partial charge in [0, 0.05) is 25.0 Å². The largest absolute Gasteiger partial charge is 0.444 e. The topological polar surface area (TPSA) is 76.1 Å². The van der Waals surface area contributed by atoms with Gasteiger partial charge >= 0.3 is 6.09 Å². The van der Waals surface area contributed by atoms with Crippen molar-refractivity contribution < 1.29 is 9.53 Å². The molecular weight excluding hydrogens is 268 g/mol. The number of nitrogens with zero attached hydrogens (tertiary/aromatic N) is 2. The Labute approximate surface area is 126 Å². The fraction of sp³-hybridized carbons (Fsp3) is 0.667. The highest BCUT2D eigenvalue weighted by atomic mass is 16.6. The Morgan fingerprint density at radius 3 is 2.67 bits per heavy atom. The van der Waals surface area contributed by atoms with Crippen molar-refractivity contribution in [2.75, 3.05) is 18.4 Å². The van der Waals surface area contributed by atoms with E-state index in [0.717, 1.165) is 12.1 Å². The number of hydrogen-bond donors (Lipinski definition) is 2. The Morgan fingerprint density at radius 1 is 1.33 bits per heavy atom. The van der Waals surface area contributed by atoms with E-state index in [1.807, 2.05) is 26.8 Å². The van der Waals surface area contributed by atoms with Crippen LogP contribution in [-0.4, -0.2) is 34.8 Å². The zero-order chi connectivity index (χ0) is 15.9. The van der Waals surface area contributed by atoms with Crippen molar-refractivity contribution in [3.8, 4) is 0 Å². The molecule has 0 aliphatic heterocycles. The first-order chi connectivity index (χ1) is 9.76. The van der Waals surface area contributed by atoms with E-state index in [4.69, 9.17) is 4.74 Å². The van der Waals surface area contributed by atoms with E-state index < -0.39 is 11.7 Å².